The first-order chi connectivity index (χ1) is 8.28. The lowest BCUT2D eigenvalue weighted by Crippen LogP contribution is -1.98. The molecule has 2 rings (SSSR count). The standard InChI is InChI=1S/C12H15N3OS/c1-2-16-10-5-3-4-9(6-10)8-14-12-7-11(13)15-17-12/h3-7,14H,2,8H2,1H3,(H2,13,15). The van der Waals surface area contributed by atoms with Gasteiger partial charge in [0.25, 0.3) is 0 Å². The predicted octanol–water partition coefficient (Wildman–Crippen LogP) is 2.74. The van der Waals surface area contributed by atoms with E-state index in [2.05, 4.69) is 15.8 Å². The fourth-order valence-electron chi connectivity index (χ4n) is 1.47. The predicted molar refractivity (Wildman–Crippen MR) is 71.5 cm³/mol. The highest BCUT2D eigenvalue weighted by Crippen LogP contribution is 2.19. The van der Waals surface area contributed by atoms with Gasteiger partial charge in [-0.2, -0.15) is 4.37 Å². The van der Waals surface area contributed by atoms with Gasteiger partial charge in [0.1, 0.15) is 16.6 Å². The second kappa shape index (κ2) is 5.54. The summed E-state index contributed by atoms with van der Waals surface area (Å²) >= 11 is 1.37. The summed E-state index contributed by atoms with van der Waals surface area (Å²) in [5.41, 5.74) is 6.72. The van der Waals surface area contributed by atoms with Crippen molar-refractivity contribution in [1.82, 2.24) is 4.37 Å². The molecule has 4 nitrogen and oxygen atoms in total. The van der Waals surface area contributed by atoms with Gasteiger partial charge in [0, 0.05) is 12.6 Å². The number of ether oxygens (including phenoxy) is 1. The van der Waals surface area contributed by atoms with E-state index in [0.717, 1.165) is 17.3 Å². The Morgan fingerprint density at radius 1 is 1.41 bits per heavy atom. The van der Waals surface area contributed by atoms with Gasteiger partial charge in [-0.3, -0.25) is 0 Å². The van der Waals surface area contributed by atoms with Crippen molar-refractivity contribution in [3.05, 3.63) is 35.9 Å². The maximum atomic E-state index is 5.55. The van der Waals surface area contributed by atoms with Crippen LogP contribution < -0.4 is 15.8 Å². The molecule has 0 unspecified atom stereocenters. The molecule has 0 saturated heterocycles. The normalized spacial score (nSPS) is 10.2. The van der Waals surface area contributed by atoms with Gasteiger partial charge in [-0.1, -0.05) is 12.1 Å². The quantitative estimate of drug-likeness (QED) is 0.855. The number of benzene rings is 1. The zero-order chi connectivity index (χ0) is 12.1. The molecule has 0 aliphatic carbocycles. The third-order valence-corrected chi connectivity index (χ3v) is 2.97. The minimum absolute atomic E-state index is 0.556. The molecular formula is C12H15N3OS. The van der Waals surface area contributed by atoms with Crippen molar-refractivity contribution in [1.29, 1.82) is 0 Å². The minimum atomic E-state index is 0.556. The zero-order valence-electron chi connectivity index (χ0n) is 9.64. The highest BCUT2D eigenvalue weighted by molar-refractivity contribution is 7.10. The number of aromatic nitrogens is 1. The Balaban J connectivity index is 1.96. The lowest BCUT2D eigenvalue weighted by molar-refractivity contribution is 0.340. The summed E-state index contributed by atoms with van der Waals surface area (Å²) in [5.74, 6) is 1.45. The molecule has 0 fully saturated rings. The molecule has 1 aromatic heterocycles. The van der Waals surface area contributed by atoms with E-state index in [-0.39, 0.29) is 0 Å². The molecule has 0 atom stereocenters. The van der Waals surface area contributed by atoms with Crippen LogP contribution in [0.2, 0.25) is 0 Å². The summed E-state index contributed by atoms with van der Waals surface area (Å²) in [7, 11) is 0. The smallest absolute Gasteiger partial charge is 0.139 e. The van der Waals surface area contributed by atoms with Crippen LogP contribution >= 0.6 is 11.5 Å². The van der Waals surface area contributed by atoms with Crippen LogP contribution in [0, 0.1) is 0 Å². The Morgan fingerprint density at radius 2 is 2.29 bits per heavy atom. The van der Waals surface area contributed by atoms with E-state index in [1.807, 2.05) is 31.2 Å². The van der Waals surface area contributed by atoms with Crippen molar-refractivity contribution >= 4 is 22.4 Å². The van der Waals surface area contributed by atoms with Gasteiger partial charge in [0.15, 0.2) is 0 Å². The average Bonchev–Trinajstić information content (AvgIpc) is 2.74. The van der Waals surface area contributed by atoms with Gasteiger partial charge < -0.3 is 15.8 Å². The molecule has 0 saturated carbocycles. The summed E-state index contributed by atoms with van der Waals surface area (Å²) in [6.07, 6.45) is 0. The first kappa shape index (κ1) is 11.7. The van der Waals surface area contributed by atoms with Crippen LogP contribution in [0.5, 0.6) is 5.75 Å². The van der Waals surface area contributed by atoms with E-state index >= 15 is 0 Å². The molecule has 0 spiro atoms. The maximum absolute atomic E-state index is 5.55. The molecule has 2 aromatic rings. The molecule has 90 valence electrons. The van der Waals surface area contributed by atoms with Crippen LogP contribution in [0.4, 0.5) is 10.8 Å². The first-order valence-electron chi connectivity index (χ1n) is 5.45. The second-order valence-corrected chi connectivity index (χ2v) is 4.35. The number of hydrogen-bond donors (Lipinski definition) is 2. The van der Waals surface area contributed by atoms with Gasteiger partial charge in [-0.25, -0.2) is 0 Å². The van der Waals surface area contributed by atoms with Crippen molar-refractivity contribution in [2.24, 2.45) is 0 Å². The Bertz CT molecular complexity index is 484. The summed E-state index contributed by atoms with van der Waals surface area (Å²) in [4.78, 5) is 0. The molecule has 0 aliphatic heterocycles. The van der Waals surface area contributed by atoms with Crippen LogP contribution in [0.25, 0.3) is 0 Å². The average molecular weight is 249 g/mol. The summed E-state index contributed by atoms with van der Waals surface area (Å²) in [5, 5.41) is 4.25. The van der Waals surface area contributed by atoms with E-state index < -0.39 is 0 Å². The van der Waals surface area contributed by atoms with E-state index in [9.17, 15) is 0 Å². The van der Waals surface area contributed by atoms with Gasteiger partial charge in [-0.15, -0.1) is 0 Å². The highest BCUT2D eigenvalue weighted by Gasteiger charge is 1.99. The molecule has 5 heteroatoms. The summed E-state index contributed by atoms with van der Waals surface area (Å²) in [6.45, 7) is 3.40. The number of hydrogen-bond acceptors (Lipinski definition) is 5. The summed E-state index contributed by atoms with van der Waals surface area (Å²) in [6, 6.07) is 9.86. The van der Waals surface area contributed by atoms with E-state index in [0.29, 0.717) is 12.4 Å². The lowest BCUT2D eigenvalue weighted by Gasteiger charge is -2.06. The first-order valence-corrected chi connectivity index (χ1v) is 6.23. The number of nitrogens with zero attached hydrogens (tertiary/aromatic N) is 1. The number of anilines is 2. The van der Waals surface area contributed by atoms with Crippen molar-refractivity contribution in [2.75, 3.05) is 17.7 Å². The van der Waals surface area contributed by atoms with Crippen LogP contribution in [0.1, 0.15) is 12.5 Å². The third-order valence-electron chi connectivity index (χ3n) is 2.20. The fraction of sp³-hybridized carbons (Fsp3) is 0.250. The Hall–Kier alpha value is -1.75. The fourth-order valence-corrected chi connectivity index (χ4v) is 2.04. The molecule has 0 aliphatic rings. The highest BCUT2D eigenvalue weighted by atomic mass is 32.1. The zero-order valence-corrected chi connectivity index (χ0v) is 10.5. The lowest BCUT2D eigenvalue weighted by atomic mass is 10.2. The van der Waals surface area contributed by atoms with Crippen molar-refractivity contribution in [3.63, 3.8) is 0 Å². The Morgan fingerprint density at radius 3 is 3.00 bits per heavy atom. The molecule has 1 aromatic carbocycles. The Kier molecular flexibility index (Phi) is 3.82. The topological polar surface area (TPSA) is 60.2 Å². The van der Waals surface area contributed by atoms with Gasteiger partial charge in [-0.05, 0) is 36.2 Å². The minimum Gasteiger partial charge on any atom is -0.494 e. The van der Waals surface area contributed by atoms with Gasteiger partial charge in [0.05, 0.1) is 6.61 Å². The second-order valence-electron chi connectivity index (χ2n) is 3.55. The van der Waals surface area contributed by atoms with Crippen LogP contribution in [-0.2, 0) is 6.54 Å². The third kappa shape index (κ3) is 3.35. The van der Waals surface area contributed by atoms with Crippen LogP contribution in [-0.4, -0.2) is 11.0 Å². The Labute approximate surface area is 105 Å². The number of nitrogen functional groups attached to an aromatic ring is 1. The molecule has 3 N–H and O–H groups in total. The molecule has 1 heterocycles. The van der Waals surface area contributed by atoms with Gasteiger partial charge in [0.2, 0.25) is 0 Å². The summed E-state index contributed by atoms with van der Waals surface area (Å²) < 4.78 is 9.45. The molecule has 0 amide bonds. The number of rotatable bonds is 5. The molecule has 0 radical (unpaired) electrons. The number of nitrogens with one attached hydrogen (secondary N) is 1. The SMILES string of the molecule is CCOc1cccc(CNc2cc(N)ns2)c1. The van der Waals surface area contributed by atoms with Crippen molar-refractivity contribution in [3.8, 4) is 5.75 Å². The largest absolute Gasteiger partial charge is 0.494 e. The van der Waals surface area contributed by atoms with E-state index in [1.54, 1.807) is 0 Å². The number of nitrogens with two attached hydrogens (primary N) is 1. The maximum Gasteiger partial charge on any atom is 0.139 e. The van der Waals surface area contributed by atoms with Crippen molar-refractivity contribution in [2.45, 2.75) is 13.5 Å². The van der Waals surface area contributed by atoms with Crippen LogP contribution in [0.3, 0.4) is 0 Å². The van der Waals surface area contributed by atoms with E-state index in [1.165, 1.54) is 17.1 Å². The molecule has 17 heavy (non-hydrogen) atoms. The monoisotopic (exact) mass is 249 g/mol. The molecular weight excluding hydrogens is 234 g/mol. The van der Waals surface area contributed by atoms with Crippen molar-refractivity contribution < 1.29 is 4.74 Å². The van der Waals surface area contributed by atoms with E-state index in [4.69, 9.17) is 10.5 Å². The van der Waals surface area contributed by atoms with Crippen LogP contribution in [0.15, 0.2) is 30.3 Å². The van der Waals surface area contributed by atoms with Gasteiger partial charge >= 0.3 is 0 Å². The molecule has 0 bridgehead atoms.